The van der Waals surface area contributed by atoms with Gasteiger partial charge in [-0.25, -0.2) is 9.97 Å². The second-order valence-corrected chi connectivity index (χ2v) is 6.09. The van der Waals surface area contributed by atoms with Crippen LogP contribution in [0.1, 0.15) is 25.6 Å². The summed E-state index contributed by atoms with van der Waals surface area (Å²) in [7, 11) is 0. The summed E-state index contributed by atoms with van der Waals surface area (Å²) < 4.78 is 0. The largest absolute Gasteiger partial charge is 0.344 e. The Balaban J connectivity index is 1.79. The number of nitrogens with one attached hydrogen (secondary N) is 2. The third kappa shape index (κ3) is 5.66. The van der Waals surface area contributed by atoms with Gasteiger partial charge in [-0.3, -0.25) is 4.79 Å². The maximum atomic E-state index is 12.2. The van der Waals surface area contributed by atoms with E-state index in [4.69, 9.17) is 11.6 Å². The minimum Gasteiger partial charge on any atom is -0.344 e. The van der Waals surface area contributed by atoms with E-state index in [9.17, 15) is 4.79 Å². The highest BCUT2D eigenvalue weighted by molar-refractivity contribution is 6.30. The lowest BCUT2D eigenvalue weighted by Crippen LogP contribution is -2.20. The van der Waals surface area contributed by atoms with Crippen molar-refractivity contribution in [3.63, 3.8) is 0 Å². The van der Waals surface area contributed by atoms with E-state index in [2.05, 4.69) is 27.2 Å². The number of carbonyl (C=O) groups excluding carboxylic acids is 1. The fraction of sp³-hybridized carbons (Fsp3) is 0.278. The highest BCUT2D eigenvalue weighted by atomic mass is 35.5. The molecule has 2 N–H and O–H groups in total. The lowest BCUT2D eigenvalue weighted by molar-refractivity contribution is -0.119. The highest BCUT2D eigenvalue weighted by Crippen LogP contribution is 2.17. The van der Waals surface area contributed by atoms with Gasteiger partial charge in [-0.2, -0.15) is 0 Å². The van der Waals surface area contributed by atoms with Gasteiger partial charge in [0.05, 0.1) is 0 Å². The molecule has 0 aliphatic heterocycles. The van der Waals surface area contributed by atoms with Crippen molar-refractivity contribution in [3.8, 4) is 0 Å². The van der Waals surface area contributed by atoms with Crippen LogP contribution in [0.3, 0.4) is 0 Å². The minimum atomic E-state index is -0.133. The van der Waals surface area contributed by atoms with Crippen molar-refractivity contribution in [2.24, 2.45) is 5.92 Å². The summed E-state index contributed by atoms with van der Waals surface area (Å²) in [6, 6.07) is 8.85. The molecule has 1 unspecified atom stereocenters. The Morgan fingerprint density at radius 3 is 2.62 bits per heavy atom. The zero-order chi connectivity index (χ0) is 17.5. The second kappa shape index (κ2) is 8.45. The first-order valence-corrected chi connectivity index (χ1v) is 8.12. The average molecular weight is 345 g/mol. The lowest BCUT2D eigenvalue weighted by Gasteiger charge is -2.14. The summed E-state index contributed by atoms with van der Waals surface area (Å²) in [4.78, 5) is 20.5. The Kier molecular flexibility index (Phi) is 6.32. The number of benzene rings is 1. The number of carbonyl (C=O) groups is 1. The van der Waals surface area contributed by atoms with Gasteiger partial charge in [-0.05, 0) is 50.1 Å². The van der Waals surface area contributed by atoms with Crippen LogP contribution in [-0.2, 0) is 4.79 Å². The molecule has 2 aromatic rings. The number of allylic oxidation sites excluding steroid dienone is 1. The normalized spacial score (nSPS) is 11.6. The summed E-state index contributed by atoms with van der Waals surface area (Å²) >= 11 is 5.83. The minimum absolute atomic E-state index is 0.0250. The molecule has 2 rings (SSSR count). The number of nitrogens with zero attached hydrogens (tertiary/aromatic N) is 2. The van der Waals surface area contributed by atoms with Crippen LogP contribution in [0.2, 0.25) is 5.02 Å². The van der Waals surface area contributed by atoms with Gasteiger partial charge in [0, 0.05) is 28.5 Å². The molecule has 0 saturated heterocycles. The average Bonchev–Trinajstić information content (AvgIpc) is 2.54. The molecule has 5 nitrogen and oxygen atoms in total. The van der Waals surface area contributed by atoms with Crippen LogP contribution in [0.5, 0.6) is 0 Å². The quantitative estimate of drug-likeness (QED) is 0.780. The first kappa shape index (κ1) is 17.9. The second-order valence-electron chi connectivity index (χ2n) is 5.65. The number of aromatic nitrogens is 2. The van der Waals surface area contributed by atoms with E-state index in [-0.39, 0.29) is 11.8 Å². The zero-order valence-electron chi connectivity index (χ0n) is 13.8. The monoisotopic (exact) mass is 344 g/mol. The van der Waals surface area contributed by atoms with E-state index >= 15 is 0 Å². The van der Waals surface area contributed by atoms with Crippen LogP contribution in [0.25, 0.3) is 0 Å². The van der Waals surface area contributed by atoms with Crippen molar-refractivity contribution in [3.05, 3.63) is 59.7 Å². The van der Waals surface area contributed by atoms with Gasteiger partial charge in [0.25, 0.3) is 0 Å². The fourth-order valence-electron chi connectivity index (χ4n) is 2.09. The van der Waals surface area contributed by atoms with Crippen LogP contribution in [-0.4, -0.2) is 15.9 Å². The Labute approximate surface area is 147 Å². The number of anilines is 2. The third-order valence-corrected chi connectivity index (χ3v) is 3.77. The van der Waals surface area contributed by atoms with Gasteiger partial charge in [0.1, 0.15) is 11.6 Å². The van der Waals surface area contributed by atoms with Gasteiger partial charge in [0.2, 0.25) is 5.91 Å². The van der Waals surface area contributed by atoms with Crippen molar-refractivity contribution in [2.45, 2.75) is 26.7 Å². The molecule has 0 spiro atoms. The molecule has 0 fully saturated rings. The molecule has 1 atom stereocenters. The van der Waals surface area contributed by atoms with E-state index in [0.717, 1.165) is 11.4 Å². The predicted molar refractivity (Wildman–Crippen MR) is 98.0 cm³/mol. The Bertz CT molecular complexity index is 715. The summed E-state index contributed by atoms with van der Waals surface area (Å²) in [5, 5.41) is 6.66. The van der Waals surface area contributed by atoms with Crippen LogP contribution in [0.15, 0.2) is 48.8 Å². The number of amides is 1. The SMILES string of the molecule is C=C(CCC(C)C(=O)Nc1ccc(Cl)cc1)Nc1ccnc(C)n1. The van der Waals surface area contributed by atoms with Gasteiger partial charge >= 0.3 is 0 Å². The standard InChI is InChI=1S/C18H21ClN4O/c1-12(18(24)23-16-8-6-15(19)7-9-16)4-5-13(2)21-17-10-11-20-14(3)22-17/h6-12H,2,4-5H2,1,3H3,(H,23,24)(H,20,21,22). The molecule has 1 amide bonds. The summed E-state index contributed by atoms with van der Waals surface area (Å²) in [5.41, 5.74) is 1.56. The molecule has 0 radical (unpaired) electrons. The number of hydrogen-bond donors (Lipinski definition) is 2. The van der Waals surface area contributed by atoms with Crippen molar-refractivity contribution in [1.29, 1.82) is 0 Å². The van der Waals surface area contributed by atoms with E-state index in [1.54, 1.807) is 36.5 Å². The molecule has 0 aliphatic rings. The van der Waals surface area contributed by atoms with Gasteiger partial charge < -0.3 is 10.6 Å². The maximum absolute atomic E-state index is 12.2. The molecular weight excluding hydrogens is 324 g/mol. The Morgan fingerprint density at radius 1 is 1.25 bits per heavy atom. The van der Waals surface area contributed by atoms with Crippen LogP contribution in [0, 0.1) is 12.8 Å². The van der Waals surface area contributed by atoms with Crippen LogP contribution in [0.4, 0.5) is 11.5 Å². The molecular formula is C18H21ClN4O. The third-order valence-electron chi connectivity index (χ3n) is 3.52. The molecule has 0 aliphatic carbocycles. The lowest BCUT2D eigenvalue weighted by atomic mass is 10.0. The van der Waals surface area contributed by atoms with Crippen molar-refractivity contribution < 1.29 is 4.79 Å². The molecule has 1 heterocycles. The predicted octanol–water partition coefficient (Wildman–Crippen LogP) is 4.42. The number of hydrogen-bond acceptors (Lipinski definition) is 4. The van der Waals surface area contributed by atoms with Crippen molar-refractivity contribution >= 4 is 29.0 Å². The molecule has 1 aromatic heterocycles. The van der Waals surface area contributed by atoms with Gasteiger partial charge in [0.15, 0.2) is 0 Å². The van der Waals surface area contributed by atoms with Crippen LogP contribution >= 0.6 is 11.6 Å². The number of aryl methyl sites for hydroxylation is 1. The molecule has 24 heavy (non-hydrogen) atoms. The van der Waals surface area contributed by atoms with E-state index in [0.29, 0.717) is 29.5 Å². The maximum Gasteiger partial charge on any atom is 0.227 e. The fourth-order valence-corrected chi connectivity index (χ4v) is 2.22. The Hall–Kier alpha value is -2.40. The molecule has 126 valence electrons. The molecule has 6 heteroatoms. The smallest absolute Gasteiger partial charge is 0.227 e. The topological polar surface area (TPSA) is 66.9 Å². The van der Waals surface area contributed by atoms with Crippen molar-refractivity contribution in [1.82, 2.24) is 9.97 Å². The highest BCUT2D eigenvalue weighted by Gasteiger charge is 2.13. The summed E-state index contributed by atoms with van der Waals surface area (Å²) in [5.74, 6) is 1.25. The van der Waals surface area contributed by atoms with Gasteiger partial charge in [-0.15, -0.1) is 0 Å². The van der Waals surface area contributed by atoms with E-state index in [1.807, 2.05) is 13.8 Å². The summed E-state index contributed by atoms with van der Waals surface area (Å²) in [6.07, 6.45) is 3.06. The van der Waals surface area contributed by atoms with E-state index < -0.39 is 0 Å². The zero-order valence-corrected chi connectivity index (χ0v) is 14.6. The summed E-state index contributed by atoms with van der Waals surface area (Å²) in [6.45, 7) is 7.71. The Morgan fingerprint density at radius 2 is 1.96 bits per heavy atom. The molecule has 1 aromatic carbocycles. The van der Waals surface area contributed by atoms with Crippen molar-refractivity contribution in [2.75, 3.05) is 10.6 Å². The van der Waals surface area contributed by atoms with E-state index in [1.165, 1.54) is 0 Å². The van der Waals surface area contributed by atoms with Gasteiger partial charge in [-0.1, -0.05) is 25.1 Å². The van der Waals surface area contributed by atoms with Crippen LogP contribution < -0.4 is 10.6 Å². The first-order valence-electron chi connectivity index (χ1n) is 7.75. The molecule has 0 bridgehead atoms. The first-order chi connectivity index (χ1) is 11.4. The number of rotatable bonds is 7. The number of halogens is 1. The molecule has 0 saturated carbocycles.